The van der Waals surface area contributed by atoms with Crippen molar-refractivity contribution in [3.05, 3.63) is 56.5 Å². The van der Waals surface area contributed by atoms with Gasteiger partial charge in [-0.15, -0.1) is 0 Å². The number of halogens is 2. The van der Waals surface area contributed by atoms with Crippen LogP contribution < -0.4 is 10.5 Å². The molecule has 0 bridgehead atoms. The van der Waals surface area contributed by atoms with Gasteiger partial charge in [-0.05, 0) is 71.2 Å². The van der Waals surface area contributed by atoms with Gasteiger partial charge in [-0.25, -0.2) is 0 Å². The normalized spacial score (nSPS) is 12.3. The van der Waals surface area contributed by atoms with Gasteiger partial charge in [0.05, 0.1) is 4.47 Å². The first kappa shape index (κ1) is 14.6. The molecule has 0 aromatic heterocycles. The molecule has 0 unspecified atom stereocenters. The number of hydrogen-bond acceptors (Lipinski definition) is 2. The zero-order valence-corrected chi connectivity index (χ0v) is 14.0. The highest BCUT2D eigenvalue weighted by atomic mass is 79.9. The van der Waals surface area contributed by atoms with Crippen LogP contribution in [0.2, 0.25) is 0 Å². The van der Waals surface area contributed by atoms with E-state index in [0.717, 1.165) is 31.6 Å². The third-order valence-corrected chi connectivity index (χ3v) is 3.95. The van der Waals surface area contributed by atoms with E-state index in [2.05, 4.69) is 31.9 Å². The summed E-state index contributed by atoms with van der Waals surface area (Å²) in [6.07, 6.45) is 0. The Hall–Kier alpha value is -0.840. The van der Waals surface area contributed by atoms with Gasteiger partial charge in [0.2, 0.25) is 0 Å². The van der Waals surface area contributed by atoms with E-state index < -0.39 is 0 Å². The third kappa shape index (κ3) is 3.59. The molecule has 1 atom stereocenters. The van der Waals surface area contributed by atoms with Gasteiger partial charge < -0.3 is 10.5 Å². The van der Waals surface area contributed by atoms with E-state index in [1.807, 2.05) is 50.2 Å². The molecule has 0 fully saturated rings. The van der Waals surface area contributed by atoms with Crippen LogP contribution in [0.4, 0.5) is 0 Å². The Morgan fingerprint density at radius 2 is 1.74 bits per heavy atom. The fraction of sp³-hybridized carbons (Fsp3) is 0.200. The van der Waals surface area contributed by atoms with Gasteiger partial charge >= 0.3 is 0 Å². The predicted octanol–water partition coefficient (Wildman–Crippen LogP) is 5.33. The summed E-state index contributed by atoms with van der Waals surface area (Å²) in [5.41, 5.74) is 8.02. The van der Waals surface area contributed by atoms with Crippen molar-refractivity contribution in [3.8, 4) is 11.5 Å². The SMILES string of the molecule is Cc1cc(Br)ccc1Oc1ccc([C@@H](C)N)cc1Br. The van der Waals surface area contributed by atoms with Crippen molar-refractivity contribution in [1.29, 1.82) is 0 Å². The molecule has 4 heteroatoms. The molecule has 0 saturated heterocycles. The zero-order chi connectivity index (χ0) is 14.0. The standard InChI is InChI=1S/C15H15Br2NO/c1-9-7-12(16)4-6-14(9)19-15-5-3-11(10(2)18)8-13(15)17/h3-8,10H,18H2,1-2H3/t10-/m1/s1. The van der Waals surface area contributed by atoms with Crippen molar-refractivity contribution in [3.63, 3.8) is 0 Å². The van der Waals surface area contributed by atoms with Crippen LogP contribution in [-0.4, -0.2) is 0 Å². The maximum atomic E-state index is 5.92. The molecule has 2 aromatic rings. The Morgan fingerprint density at radius 3 is 2.32 bits per heavy atom. The Balaban J connectivity index is 2.28. The first-order valence-electron chi connectivity index (χ1n) is 5.96. The highest BCUT2D eigenvalue weighted by Gasteiger charge is 2.08. The van der Waals surface area contributed by atoms with Crippen LogP contribution in [0.3, 0.4) is 0 Å². The van der Waals surface area contributed by atoms with Gasteiger partial charge in [-0.2, -0.15) is 0 Å². The van der Waals surface area contributed by atoms with Crippen LogP contribution in [0.5, 0.6) is 11.5 Å². The van der Waals surface area contributed by atoms with E-state index in [9.17, 15) is 0 Å². The fourth-order valence-electron chi connectivity index (χ4n) is 1.73. The van der Waals surface area contributed by atoms with Crippen LogP contribution in [0, 0.1) is 6.92 Å². The quantitative estimate of drug-likeness (QED) is 0.775. The lowest BCUT2D eigenvalue weighted by molar-refractivity contribution is 0.475. The molecule has 0 radical (unpaired) electrons. The molecule has 100 valence electrons. The highest BCUT2D eigenvalue weighted by Crippen LogP contribution is 2.33. The van der Waals surface area contributed by atoms with E-state index in [1.54, 1.807) is 0 Å². The summed E-state index contributed by atoms with van der Waals surface area (Å²) in [6.45, 7) is 3.98. The molecule has 0 saturated carbocycles. The lowest BCUT2D eigenvalue weighted by Crippen LogP contribution is -2.04. The molecule has 2 rings (SSSR count). The predicted molar refractivity (Wildman–Crippen MR) is 85.7 cm³/mol. The second kappa shape index (κ2) is 6.07. The molecule has 0 heterocycles. The van der Waals surface area contributed by atoms with E-state index in [0.29, 0.717) is 0 Å². The molecule has 19 heavy (non-hydrogen) atoms. The summed E-state index contributed by atoms with van der Waals surface area (Å²) < 4.78 is 7.87. The van der Waals surface area contributed by atoms with E-state index in [4.69, 9.17) is 10.5 Å². The van der Waals surface area contributed by atoms with Gasteiger partial charge in [0.1, 0.15) is 11.5 Å². The Morgan fingerprint density at radius 1 is 1.05 bits per heavy atom. The first-order valence-corrected chi connectivity index (χ1v) is 7.55. The van der Waals surface area contributed by atoms with Crippen molar-refractivity contribution in [2.24, 2.45) is 5.73 Å². The minimum atomic E-state index is 0.0137. The van der Waals surface area contributed by atoms with Crippen molar-refractivity contribution < 1.29 is 4.74 Å². The van der Waals surface area contributed by atoms with Crippen molar-refractivity contribution >= 4 is 31.9 Å². The lowest BCUT2D eigenvalue weighted by Gasteiger charge is -2.13. The largest absolute Gasteiger partial charge is 0.456 e. The maximum Gasteiger partial charge on any atom is 0.141 e. The summed E-state index contributed by atoms with van der Waals surface area (Å²) in [7, 11) is 0. The highest BCUT2D eigenvalue weighted by molar-refractivity contribution is 9.10. The second-order valence-corrected chi connectivity index (χ2v) is 6.26. The van der Waals surface area contributed by atoms with Crippen LogP contribution in [0.1, 0.15) is 24.1 Å². The molecule has 0 aliphatic carbocycles. The molecule has 0 aliphatic rings. The molecule has 2 nitrogen and oxygen atoms in total. The second-order valence-electron chi connectivity index (χ2n) is 4.49. The molecule has 2 N–H and O–H groups in total. The van der Waals surface area contributed by atoms with Crippen molar-refractivity contribution in [2.75, 3.05) is 0 Å². The molecule has 2 aromatic carbocycles. The average Bonchev–Trinajstić information content (AvgIpc) is 2.34. The Kier molecular flexibility index (Phi) is 4.66. The number of benzene rings is 2. The van der Waals surface area contributed by atoms with Gasteiger partial charge in [-0.1, -0.05) is 22.0 Å². The minimum Gasteiger partial charge on any atom is -0.456 e. The topological polar surface area (TPSA) is 35.2 Å². The van der Waals surface area contributed by atoms with E-state index in [1.165, 1.54) is 0 Å². The zero-order valence-electron chi connectivity index (χ0n) is 10.8. The molecular weight excluding hydrogens is 370 g/mol. The lowest BCUT2D eigenvalue weighted by atomic mass is 10.1. The summed E-state index contributed by atoms with van der Waals surface area (Å²) in [5, 5.41) is 0. The smallest absolute Gasteiger partial charge is 0.141 e. The minimum absolute atomic E-state index is 0.0137. The summed E-state index contributed by atoms with van der Waals surface area (Å²) >= 11 is 6.97. The Bertz CT molecular complexity index is 597. The summed E-state index contributed by atoms with van der Waals surface area (Å²) in [5.74, 6) is 1.63. The summed E-state index contributed by atoms with van der Waals surface area (Å²) in [6, 6.07) is 11.9. The fourth-order valence-corrected chi connectivity index (χ4v) is 2.68. The van der Waals surface area contributed by atoms with Crippen molar-refractivity contribution in [2.45, 2.75) is 19.9 Å². The van der Waals surface area contributed by atoms with Crippen molar-refractivity contribution in [1.82, 2.24) is 0 Å². The van der Waals surface area contributed by atoms with Crippen LogP contribution in [0.15, 0.2) is 45.3 Å². The Labute approximate surface area is 130 Å². The van der Waals surface area contributed by atoms with Gasteiger partial charge in [0, 0.05) is 10.5 Å². The molecule has 0 spiro atoms. The first-order chi connectivity index (χ1) is 8.97. The maximum absolute atomic E-state index is 5.92. The number of rotatable bonds is 3. The monoisotopic (exact) mass is 383 g/mol. The van der Waals surface area contributed by atoms with Crippen LogP contribution >= 0.6 is 31.9 Å². The number of hydrogen-bond donors (Lipinski definition) is 1. The molecule has 0 amide bonds. The number of aryl methyl sites for hydroxylation is 1. The van der Waals surface area contributed by atoms with Gasteiger partial charge in [0.15, 0.2) is 0 Å². The third-order valence-electron chi connectivity index (χ3n) is 2.84. The van der Waals surface area contributed by atoms with E-state index in [-0.39, 0.29) is 6.04 Å². The van der Waals surface area contributed by atoms with Gasteiger partial charge in [-0.3, -0.25) is 0 Å². The molecular formula is C15H15Br2NO. The van der Waals surface area contributed by atoms with Crippen LogP contribution in [-0.2, 0) is 0 Å². The summed E-state index contributed by atoms with van der Waals surface area (Å²) in [4.78, 5) is 0. The molecule has 0 aliphatic heterocycles. The average molecular weight is 385 g/mol. The van der Waals surface area contributed by atoms with Gasteiger partial charge in [0.25, 0.3) is 0 Å². The van der Waals surface area contributed by atoms with Crippen LogP contribution in [0.25, 0.3) is 0 Å². The van der Waals surface area contributed by atoms with E-state index >= 15 is 0 Å². The number of nitrogens with two attached hydrogens (primary N) is 1. The number of ether oxygens (including phenoxy) is 1.